The molecule has 2 nitrogen and oxygen atoms in total. The molecule has 0 radical (unpaired) electrons. The van der Waals surface area contributed by atoms with Gasteiger partial charge in [0.15, 0.2) is 0 Å². The molecule has 0 N–H and O–H groups in total. The number of pyridine rings is 1. The van der Waals surface area contributed by atoms with Crippen LogP contribution in [0.3, 0.4) is 0 Å². The van der Waals surface area contributed by atoms with Crippen molar-refractivity contribution < 1.29 is 4.42 Å². The Bertz CT molecular complexity index is 2140. The highest BCUT2D eigenvalue weighted by Gasteiger charge is 2.17. The third-order valence-corrected chi connectivity index (χ3v) is 8.68. The van der Waals surface area contributed by atoms with E-state index in [-0.39, 0.29) is 0 Å². The lowest BCUT2D eigenvalue weighted by atomic mass is 9.97. The second-order valence-electron chi connectivity index (χ2n) is 9.57. The van der Waals surface area contributed by atoms with Gasteiger partial charge in [-0.3, -0.25) is 4.98 Å². The van der Waals surface area contributed by atoms with E-state index in [1.54, 1.807) is 0 Å². The highest BCUT2D eigenvalue weighted by molar-refractivity contribution is 7.26. The lowest BCUT2D eigenvalue weighted by molar-refractivity contribution is 0.670. The van der Waals surface area contributed by atoms with E-state index >= 15 is 0 Å². The predicted octanol–water partition coefficient (Wildman–Crippen LogP) is 10.3. The molecule has 3 heteroatoms. The number of thiophene rings is 1. The number of hydrogen-bond acceptors (Lipinski definition) is 3. The summed E-state index contributed by atoms with van der Waals surface area (Å²) in [6.07, 6.45) is 3.73. The monoisotopic (exact) mass is 503 g/mol. The average molecular weight is 504 g/mol. The minimum absolute atomic E-state index is 0.925. The molecule has 0 amide bonds. The number of hydrogen-bond donors (Lipinski definition) is 0. The van der Waals surface area contributed by atoms with Gasteiger partial charge in [-0.1, -0.05) is 97.1 Å². The first-order valence-corrected chi connectivity index (χ1v) is 13.5. The molecule has 3 heterocycles. The number of para-hydroxylation sites is 2. The molecule has 0 saturated carbocycles. The van der Waals surface area contributed by atoms with Crippen LogP contribution in [0, 0.1) is 0 Å². The van der Waals surface area contributed by atoms with Crippen LogP contribution in [0.25, 0.3) is 75.5 Å². The topological polar surface area (TPSA) is 26.0 Å². The van der Waals surface area contributed by atoms with Crippen LogP contribution in [0.2, 0.25) is 0 Å². The Kier molecular flexibility index (Phi) is 4.73. The van der Waals surface area contributed by atoms with E-state index in [0.29, 0.717) is 0 Å². The summed E-state index contributed by atoms with van der Waals surface area (Å²) in [5.74, 6) is 0. The van der Waals surface area contributed by atoms with Crippen LogP contribution >= 0.6 is 11.3 Å². The van der Waals surface area contributed by atoms with Crippen LogP contribution in [-0.2, 0) is 0 Å². The molecule has 0 aliphatic carbocycles. The zero-order valence-corrected chi connectivity index (χ0v) is 21.2. The molecular weight excluding hydrogens is 482 g/mol. The molecule has 0 aliphatic heterocycles. The Hall–Kier alpha value is -4.73. The van der Waals surface area contributed by atoms with Gasteiger partial charge >= 0.3 is 0 Å². The van der Waals surface area contributed by atoms with Gasteiger partial charge in [-0.15, -0.1) is 11.3 Å². The fourth-order valence-electron chi connectivity index (χ4n) is 5.62. The molecule has 178 valence electrons. The van der Waals surface area contributed by atoms with Crippen molar-refractivity contribution in [3.63, 3.8) is 0 Å². The SMILES string of the molecule is c1cncc(-c2cccc(-c3cccc4c3sc3c(-c5cccc6c5oc5ccccc56)cccc34)c2)c1. The van der Waals surface area contributed by atoms with Crippen molar-refractivity contribution in [3.8, 4) is 33.4 Å². The van der Waals surface area contributed by atoms with Gasteiger partial charge in [0.2, 0.25) is 0 Å². The largest absolute Gasteiger partial charge is 0.455 e. The molecule has 8 rings (SSSR count). The molecule has 0 aliphatic rings. The van der Waals surface area contributed by atoms with Gasteiger partial charge in [0.1, 0.15) is 11.2 Å². The minimum atomic E-state index is 0.925. The Morgan fingerprint density at radius 2 is 1.16 bits per heavy atom. The molecule has 8 aromatic rings. The summed E-state index contributed by atoms with van der Waals surface area (Å²) in [6.45, 7) is 0. The first kappa shape index (κ1) is 21.4. The molecule has 0 spiro atoms. The molecule has 38 heavy (non-hydrogen) atoms. The molecule has 5 aromatic carbocycles. The Morgan fingerprint density at radius 1 is 0.500 bits per heavy atom. The van der Waals surface area contributed by atoms with Gasteiger partial charge in [-0.05, 0) is 34.9 Å². The zero-order valence-electron chi connectivity index (χ0n) is 20.4. The van der Waals surface area contributed by atoms with Gasteiger partial charge in [-0.2, -0.15) is 0 Å². The number of furan rings is 1. The van der Waals surface area contributed by atoms with Gasteiger partial charge in [0, 0.05) is 60.0 Å². The summed E-state index contributed by atoms with van der Waals surface area (Å²) >= 11 is 1.87. The smallest absolute Gasteiger partial charge is 0.143 e. The van der Waals surface area contributed by atoms with E-state index in [4.69, 9.17) is 4.42 Å². The van der Waals surface area contributed by atoms with E-state index in [1.165, 1.54) is 42.4 Å². The van der Waals surface area contributed by atoms with Crippen LogP contribution in [0.1, 0.15) is 0 Å². The maximum Gasteiger partial charge on any atom is 0.143 e. The molecule has 0 fully saturated rings. The summed E-state index contributed by atoms with van der Waals surface area (Å²) in [5.41, 5.74) is 8.98. The van der Waals surface area contributed by atoms with Gasteiger partial charge in [0.05, 0.1) is 0 Å². The number of fused-ring (bicyclic) bond motifs is 6. The van der Waals surface area contributed by atoms with Gasteiger partial charge in [-0.25, -0.2) is 0 Å². The Balaban J connectivity index is 1.36. The van der Waals surface area contributed by atoms with Crippen molar-refractivity contribution in [2.45, 2.75) is 0 Å². The second-order valence-corrected chi connectivity index (χ2v) is 10.6. The molecular formula is C35H21NOS. The van der Waals surface area contributed by atoms with Crippen LogP contribution < -0.4 is 0 Å². The van der Waals surface area contributed by atoms with Crippen LogP contribution in [-0.4, -0.2) is 4.98 Å². The predicted molar refractivity (Wildman–Crippen MR) is 161 cm³/mol. The molecule has 0 bridgehead atoms. The second kappa shape index (κ2) is 8.41. The molecule has 3 aromatic heterocycles. The van der Waals surface area contributed by atoms with Gasteiger partial charge < -0.3 is 4.42 Å². The van der Waals surface area contributed by atoms with Crippen molar-refractivity contribution >= 4 is 53.4 Å². The third kappa shape index (κ3) is 3.22. The minimum Gasteiger partial charge on any atom is -0.455 e. The Labute approximate surface area is 223 Å². The highest BCUT2D eigenvalue weighted by atomic mass is 32.1. The number of aromatic nitrogens is 1. The van der Waals surface area contributed by atoms with Crippen LogP contribution in [0.4, 0.5) is 0 Å². The average Bonchev–Trinajstić information content (AvgIpc) is 3.56. The number of nitrogens with zero attached hydrogens (tertiary/aromatic N) is 1. The summed E-state index contributed by atoms with van der Waals surface area (Å²) < 4.78 is 8.99. The van der Waals surface area contributed by atoms with E-state index in [2.05, 4.69) is 102 Å². The van der Waals surface area contributed by atoms with E-state index in [1.807, 2.05) is 41.9 Å². The number of benzene rings is 5. The standard InChI is InChI=1S/C35H21NOS/c1-2-18-32-26(11-1)27-13-5-14-28(33(27)37-32)29-15-6-17-31-30-16-4-12-25(34(30)38-35(29)31)23-9-3-8-22(20-23)24-10-7-19-36-21-24/h1-21H. The third-order valence-electron chi connectivity index (χ3n) is 7.39. The lowest BCUT2D eigenvalue weighted by Gasteiger charge is -2.07. The summed E-state index contributed by atoms with van der Waals surface area (Å²) in [7, 11) is 0. The summed E-state index contributed by atoms with van der Waals surface area (Å²) in [5, 5.41) is 4.88. The first-order chi connectivity index (χ1) is 18.8. The van der Waals surface area contributed by atoms with Crippen LogP contribution in [0.5, 0.6) is 0 Å². The van der Waals surface area contributed by atoms with E-state index in [0.717, 1.165) is 33.1 Å². The molecule has 0 unspecified atom stereocenters. The van der Waals surface area contributed by atoms with Crippen LogP contribution in [0.15, 0.2) is 132 Å². The quantitative estimate of drug-likeness (QED) is 0.240. The van der Waals surface area contributed by atoms with Crippen molar-refractivity contribution in [2.24, 2.45) is 0 Å². The Morgan fingerprint density at radius 3 is 2.00 bits per heavy atom. The maximum absolute atomic E-state index is 6.41. The normalized spacial score (nSPS) is 11.7. The number of rotatable bonds is 3. The van der Waals surface area contributed by atoms with Crippen molar-refractivity contribution in [2.75, 3.05) is 0 Å². The highest BCUT2D eigenvalue weighted by Crippen LogP contribution is 2.46. The fourth-order valence-corrected chi connectivity index (χ4v) is 6.98. The molecule has 0 atom stereocenters. The summed E-state index contributed by atoms with van der Waals surface area (Å²) in [4.78, 5) is 4.31. The fraction of sp³-hybridized carbons (Fsp3) is 0. The first-order valence-electron chi connectivity index (χ1n) is 12.7. The van der Waals surface area contributed by atoms with E-state index in [9.17, 15) is 0 Å². The molecule has 0 saturated heterocycles. The van der Waals surface area contributed by atoms with Crippen molar-refractivity contribution in [3.05, 3.63) is 128 Å². The van der Waals surface area contributed by atoms with Crippen molar-refractivity contribution in [1.29, 1.82) is 0 Å². The van der Waals surface area contributed by atoms with E-state index < -0.39 is 0 Å². The zero-order chi connectivity index (χ0) is 25.1. The van der Waals surface area contributed by atoms with Gasteiger partial charge in [0.25, 0.3) is 0 Å². The summed E-state index contributed by atoms with van der Waals surface area (Å²) in [6, 6.07) is 40.9. The lowest BCUT2D eigenvalue weighted by Crippen LogP contribution is -1.82. The maximum atomic E-state index is 6.41. The van der Waals surface area contributed by atoms with Crippen molar-refractivity contribution in [1.82, 2.24) is 4.98 Å².